The Labute approximate surface area is 227 Å². The van der Waals surface area contributed by atoms with E-state index in [0.29, 0.717) is 0 Å². The van der Waals surface area contributed by atoms with Crippen LogP contribution in [0, 0.1) is 0 Å². The highest BCUT2D eigenvalue weighted by molar-refractivity contribution is 5.85. The van der Waals surface area contributed by atoms with E-state index in [9.17, 15) is 35.4 Å². The number of carbonyl (C=O) groups excluding carboxylic acids is 1. The quantitative estimate of drug-likeness (QED) is 0.0938. The molecule has 0 aromatic heterocycles. The van der Waals surface area contributed by atoms with E-state index in [0.717, 1.165) is 51.4 Å². The Hall–Kier alpha value is -1.37. The summed E-state index contributed by atoms with van der Waals surface area (Å²) in [6.07, 6.45) is 7.68. The number of allylic oxidation sites excluding steroid dienone is 2. The maximum absolute atomic E-state index is 12.9. The third-order valence-corrected chi connectivity index (χ3v) is 6.73. The molecular weight excluding hydrogens is 494 g/mol. The van der Waals surface area contributed by atoms with Crippen molar-refractivity contribution in [1.29, 1.82) is 0 Å². The lowest BCUT2D eigenvalue weighted by atomic mass is 9.98. The van der Waals surface area contributed by atoms with Crippen molar-refractivity contribution >= 4 is 5.91 Å². The first-order valence-corrected chi connectivity index (χ1v) is 14.0. The zero-order valence-electron chi connectivity index (χ0n) is 23.2. The van der Waals surface area contributed by atoms with Gasteiger partial charge in [-0.2, -0.15) is 0 Å². The summed E-state index contributed by atoms with van der Waals surface area (Å²) in [4.78, 5) is 12.9. The fourth-order valence-corrected chi connectivity index (χ4v) is 4.04. The highest BCUT2D eigenvalue weighted by Gasteiger charge is 2.44. The van der Waals surface area contributed by atoms with E-state index in [1.807, 2.05) is 18.2 Å². The van der Waals surface area contributed by atoms with Gasteiger partial charge in [0.1, 0.15) is 30.0 Å². The van der Waals surface area contributed by atoms with Crippen LogP contribution in [0.3, 0.4) is 0 Å². The molecule has 0 aromatic carbocycles. The van der Waals surface area contributed by atoms with E-state index < -0.39 is 61.0 Å². The lowest BCUT2D eigenvalue weighted by molar-refractivity contribution is -0.302. The lowest BCUT2D eigenvalue weighted by Gasteiger charge is -2.40. The molecule has 1 aliphatic heterocycles. The monoisotopic (exact) mass is 545 g/mol. The highest BCUT2D eigenvalue weighted by atomic mass is 16.7. The molecule has 1 saturated heterocycles. The Bertz CT molecular complexity index is 698. The summed E-state index contributed by atoms with van der Waals surface area (Å²) in [6.45, 7) is 4.71. The van der Waals surface area contributed by atoms with Gasteiger partial charge in [0.2, 0.25) is 0 Å². The third-order valence-electron chi connectivity index (χ3n) is 6.73. The maximum Gasteiger partial charge on any atom is 0.252 e. The van der Waals surface area contributed by atoms with Crippen LogP contribution in [0.4, 0.5) is 0 Å². The highest BCUT2D eigenvalue weighted by Crippen LogP contribution is 2.22. The SMILES string of the molecule is CCCCCC=CCC(O)C(COC1OC(CO)C(O)C(O)C1O)NC(=O)C(C)(O)CC=CCCCCC. The molecule has 8 atom stereocenters. The number of ether oxygens (including phenoxy) is 2. The molecule has 0 radical (unpaired) electrons. The number of rotatable bonds is 19. The molecule has 1 fully saturated rings. The molecule has 1 rings (SSSR count). The van der Waals surface area contributed by atoms with Gasteiger partial charge in [0.05, 0.1) is 25.4 Å². The van der Waals surface area contributed by atoms with Crippen LogP contribution in [0.15, 0.2) is 24.3 Å². The van der Waals surface area contributed by atoms with E-state index in [1.54, 1.807) is 6.08 Å². The molecule has 1 aliphatic rings. The van der Waals surface area contributed by atoms with Crippen LogP contribution in [0.1, 0.15) is 85.0 Å². The van der Waals surface area contributed by atoms with E-state index in [2.05, 4.69) is 19.2 Å². The van der Waals surface area contributed by atoms with Gasteiger partial charge in [0.25, 0.3) is 5.91 Å². The molecule has 38 heavy (non-hydrogen) atoms. The van der Waals surface area contributed by atoms with Crippen LogP contribution in [-0.4, -0.2) is 98.2 Å². The summed E-state index contributed by atoms with van der Waals surface area (Å²) in [5.41, 5.74) is -1.72. The minimum absolute atomic E-state index is 0.0959. The summed E-state index contributed by atoms with van der Waals surface area (Å²) in [6, 6.07) is -0.977. The lowest BCUT2D eigenvalue weighted by Crippen LogP contribution is -2.60. The van der Waals surface area contributed by atoms with E-state index in [4.69, 9.17) is 9.47 Å². The first-order chi connectivity index (χ1) is 18.1. The van der Waals surface area contributed by atoms with Crippen molar-refractivity contribution in [3.63, 3.8) is 0 Å². The van der Waals surface area contributed by atoms with Crippen molar-refractivity contribution < 1.29 is 44.9 Å². The summed E-state index contributed by atoms with van der Waals surface area (Å²) in [7, 11) is 0. The van der Waals surface area contributed by atoms with Crippen LogP contribution < -0.4 is 5.32 Å². The van der Waals surface area contributed by atoms with Crippen molar-refractivity contribution in [3.05, 3.63) is 24.3 Å². The Balaban J connectivity index is 2.84. The standard InChI is InChI=1S/C28H51NO9/c1-4-6-8-10-12-14-16-21(31)20(19-37-26-25(34)24(33)23(32)22(18-30)38-26)29-27(35)28(3,36)17-15-13-11-9-7-5-2/h12-15,20-26,30-34,36H,4-11,16-19H2,1-3H3,(H,29,35). The molecule has 1 amide bonds. The van der Waals surface area contributed by atoms with Gasteiger partial charge in [-0.1, -0.05) is 63.8 Å². The number of carbonyl (C=O) groups is 1. The molecule has 8 unspecified atom stereocenters. The average Bonchev–Trinajstić information content (AvgIpc) is 2.89. The van der Waals surface area contributed by atoms with E-state index in [1.165, 1.54) is 6.92 Å². The summed E-state index contributed by atoms with van der Waals surface area (Å²) in [5, 5.41) is 63.9. The van der Waals surface area contributed by atoms with Gasteiger partial charge in [-0.25, -0.2) is 0 Å². The van der Waals surface area contributed by atoms with Crippen LogP contribution in [0.5, 0.6) is 0 Å². The second kappa shape index (κ2) is 18.8. The van der Waals surface area contributed by atoms with Gasteiger partial charge in [0, 0.05) is 6.42 Å². The zero-order chi connectivity index (χ0) is 28.6. The Kier molecular flexibility index (Phi) is 17.2. The van der Waals surface area contributed by atoms with Gasteiger partial charge in [-0.05, 0) is 39.0 Å². The van der Waals surface area contributed by atoms with Gasteiger partial charge in [-0.15, -0.1) is 0 Å². The molecule has 0 aromatic rings. The number of nitrogens with one attached hydrogen (secondary N) is 1. The minimum atomic E-state index is -1.72. The Morgan fingerprint density at radius 3 is 2.16 bits per heavy atom. The van der Waals surface area contributed by atoms with E-state index >= 15 is 0 Å². The number of aliphatic hydroxyl groups excluding tert-OH is 5. The number of hydrogen-bond acceptors (Lipinski definition) is 9. The second-order valence-electron chi connectivity index (χ2n) is 10.3. The molecule has 7 N–H and O–H groups in total. The smallest absolute Gasteiger partial charge is 0.252 e. The number of hydrogen-bond donors (Lipinski definition) is 7. The first-order valence-electron chi connectivity index (χ1n) is 14.0. The fraction of sp³-hybridized carbons (Fsp3) is 0.821. The molecule has 10 nitrogen and oxygen atoms in total. The van der Waals surface area contributed by atoms with Gasteiger partial charge >= 0.3 is 0 Å². The molecular formula is C28H51NO9. The summed E-state index contributed by atoms with van der Waals surface area (Å²) < 4.78 is 11.0. The van der Waals surface area contributed by atoms with Crippen molar-refractivity contribution in [1.82, 2.24) is 5.32 Å². The second-order valence-corrected chi connectivity index (χ2v) is 10.3. The molecule has 0 aliphatic carbocycles. The van der Waals surface area contributed by atoms with Gasteiger partial charge in [-0.3, -0.25) is 4.79 Å². The molecule has 0 saturated carbocycles. The molecule has 0 spiro atoms. The van der Waals surface area contributed by atoms with Crippen LogP contribution in [0.25, 0.3) is 0 Å². The normalized spacial score (nSPS) is 27.4. The molecule has 10 heteroatoms. The van der Waals surface area contributed by atoms with Crippen molar-refractivity contribution in [3.8, 4) is 0 Å². The first kappa shape index (κ1) is 34.7. The van der Waals surface area contributed by atoms with Crippen molar-refractivity contribution in [2.24, 2.45) is 0 Å². The topological polar surface area (TPSA) is 169 Å². The Morgan fingerprint density at radius 2 is 1.58 bits per heavy atom. The summed E-state index contributed by atoms with van der Waals surface area (Å²) in [5.74, 6) is -0.691. The van der Waals surface area contributed by atoms with Crippen LogP contribution in [-0.2, 0) is 14.3 Å². The van der Waals surface area contributed by atoms with Gasteiger partial charge in [0.15, 0.2) is 6.29 Å². The largest absolute Gasteiger partial charge is 0.394 e. The van der Waals surface area contributed by atoms with Gasteiger partial charge < -0.3 is 45.4 Å². The van der Waals surface area contributed by atoms with Crippen molar-refractivity contribution in [2.45, 2.75) is 133 Å². The van der Waals surface area contributed by atoms with Crippen LogP contribution in [0.2, 0.25) is 0 Å². The fourth-order valence-electron chi connectivity index (χ4n) is 4.04. The molecule has 222 valence electrons. The van der Waals surface area contributed by atoms with Crippen molar-refractivity contribution in [2.75, 3.05) is 13.2 Å². The predicted octanol–water partition coefficient (Wildman–Crippen LogP) is 1.45. The molecule has 0 bridgehead atoms. The Morgan fingerprint density at radius 1 is 0.974 bits per heavy atom. The minimum Gasteiger partial charge on any atom is -0.394 e. The number of aliphatic hydroxyl groups is 6. The van der Waals surface area contributed by atoms with E-state index in [-0.39, 0.29) is 19.4 Å². The van der Waals surface area contributed by atoms with Crippen LogP contribution >= 0.6 is 0 Å². The maximum atomic E-state index is 12.9. The molecule has 1 heterocycles. The third kappa shape index (κ3) is 12.2. The number of amides is 1. The zero-order valence-corrected chi connectivity index (χ0v) is 23.2. The summed E-state index contributed by atoms with van der Waals surface area (Å²) >= 11 is 0. The average molecular weight is 546 g/mol. The number of unbranched alkanes of at least 4 members (excludes halogenated alkanes) is 6. The predicted molar refractivity (Wildman–Crippen MR) is 144 cm³/mol.